The minimum atomic E-state index is -4.69. The van der Waals surface area contributed by atoms with Crippen molar-refractivity contribution in [3.63, 3.8) is 0 Å². The van der Waals surface area contributed by atoms with Gasteiger partial charge in [0.05, 0.1) is 33.8 Å². The highest BCUT2D eigenvalue weighted by Gasteiger charge is 2.27. The monoisotopic (exact) mass is 939 g/mol. The third kappa shape index (κ3) is 47.4. The number of allylic oxidation sites excluding steroid dienone is 3. The van der Waals surface area contributed by atoms with Crippen LogP contribution in [0.5, 0.6) is 0 Å². The predicted octanol–water partition coefficient (Wildman–Crippen LogP) is 15.6. The molecule has 9 nitrogen and oxygen atoms in total. The lowest BCUT2D eigenvalue weighted by Crippen LogP contribution is -2.47. The van der Waals surface area contributed by atoms with Crippen LogP contribution in [-0.4, -0.2) is 69.4 Å². The molecule has 384 valence electrons. The number of phosphoric acid groups is 1. The lowest BCUT2D eigenvalue weighted by molar-refractivity contribution is -0.870. The molecule has 0 aliphatic heterocycles. The molecule has 3 atom stereocenters. The number of hydrogen-bond donors (Lipinski definition) is 1. The molecule has 0 aromatic carbocycles. The number of unbranched alkanes of at least 4 members (excludes halogenated alkanes) is 32. The maximum Gasteiger partial charge on any atom is 0.306 e. The summed E-state index contributed by atoms with van der Waals surface area (Å²) in [5, 5.41) is 3.01. The fraction of sp³-hybridized carbons (Fsp3) is 0.891. The third-order valence-corrected chi connectivity index (χ3v) is 13.3. The molecular formula is C55H107N2O7P. The largest absolute Gasteiger partial charge is 0.756 e. The van der Waals surface area contributed by atoms with E-state index >= 15 is 0 Å². The first-order valence-corrected chi connectivity index (χ1v) is 29.1. The summed E-state index contributed by atoms with van der Waals surface area (Å²) in [6.45, 7) is 6.83. The molecule has 0 heterocycles. The first-order valence-electron chi connectivity index (χ1n) is 27.6. The zero-order valence-corrected chi connectivity index (χ0v) is 44.6. The number of nitrogens with one attached hydrogen (secondary N) is 1. The van der Waals surface area contributed by atoms with Crippen LogP contribution in [0.25, 0.3) is 0 Å². The van der Waals surface area contributed by atoms with Crippen molar-refractivity contribution < 1.29 is 37.3 Å². The summed E-state index contributed by atoms with van der Waals surface area (Å²) in [4.78, 5) is 39.7. The SMILES string of the molecule is CCCCCCCCC/C=C\CCCCCC(=O)OC(/C=C/CCCCCCCCCCC)C(COP(=O)([O-])OCC[N+](C)(C)C)NC(=O)CCCCCCCCCCCCCCCC. The van der Waals surface area contributed by atoms with E-state index in [9.17, 15) is 19.0 Å². The van der Waals surface area contributed by atoms with Crippen molar-refractivity contribution in [2.45, 2.75) is 277 Å². The van der Waals surface area contributed by atoms with E-state index in [4.69, 9.17) is 13.8 Å². The highest BCUT2D eigenvalue weighted by molar-refractivity contribution is 7.45. The van der Waals surface area contributed by atoms with E-state index in [1.807, 2.05) is 33.3 Å². The summed E-state index contributed by atoms with van der Waals surface area (Å²) in [7, 11) is 1.19. The highest BCUT2D eigenvalue weighted by atomic mass is 31.2. The van der Waals surface area contributed by atoms with E-state index < -0.39 is 20.0 Å². The van der Waals surface area contributed by atoms with E-state index in [1.54, 1.807) is 0 Å². The van der Waals surface area contributed by atoms with Crippen LogP contribution in [-0.2, 0) is 27.9 Å². The van der Waals surface area contributed by atoms with Gasteiger partial charge >= 0.3 is 5.97 Å². The Bertz CT molecular complexity index is 1170. The molecule has 0 aliphatic carbocycles. The molecule has 0 rings (SSSR count). The van der Waals surface area contributed by atoms with Crippen LogP contribution in [0.4, 0.5) is 0 Å². The standard InChI is InChI=1S/C55H107N2O7P/c1-7-10-13-16-19-22-25-27-29-32-35-38-41-44-47-54(58)56-52(51-63-65(60,61)62-50-49-57(4,5)6)53(46-43-40-37-34-31-24-21-18-15-12-9-3)64-55(59)48-45-42-39-36-33-30-28-26-23-20-17-14-11-8-2/h30,33,43,46,52-53H,7-29,31-32,34-42,44-45,47-51H2,1-6H3,(H-,56,58,60,61)/b33-30-,46-43+. The summed E-state index contributed by atoms with van der Waals surface area (Å²) in [6, 6.07) is -0.886. The van der Waals surface area contributed by atoms with Crippen molar-refractivity contribution in [1.29, 1.82) is 0 Å². The average Bonchev–Trinajstić information content (AvgIpc) is 3.26. The number of amides is 1. The lowest BCUT2D eigenvalue weighted by Gasteiger charge is -2.30. The van der Waals surface area contributed by atoms with Crippen LogP contribution in [0.1, 0.15) is 265 Å². The zero-order chi connectivity index (χ0) is 48.0. The molecule has 0 bridgehead atoms. The second-order valence-electron chi connectivity index (χ2n) is 20.1. The van der Waals surface area contributed by atoms with Gasteiger partial charge in [0.15, 0.2) is 0 Å². The molecule has 3 unspecified atom stereocenters. The Labute approximate surface area is 403 Å². The van der Waals surface area contributed by atoms with Crippen molar-refractivity contribution in [2.24, 2.45) is 0 Å². The third-order valence-electron chi connectivity index (χ3n) is 12.4. The van der Waals surface area contributed by atoms with E-state index in [-0.39, 0.29) is 31.5 Å². The molecule has 65 heavy (non-hydrogen) atoms. The summed E-state index contributed by atoms with van der Waals surface area (Å²) in [6.07, 6.45) is 51.4. The fourth-order valence-corrected chi connectivity index (χ4v) is 8.77. The summed E-state index contributed by atoms with van der Waals surface area (Å²) < 4.78 is 30.1. The van der Waals surface area contributed by atoms with E-state index in [0.717, 1.165) is 64.2 Å². The molecular weight excluding hydrogens is 832 g/mol. The Balaban J connectivity index is 5.37. The lowest BCUT2D eigenvalue weighted by atomic mass is 10.0. The molecule has 0 aliphatic rings. The van der Waals surface area contributed by atoms with E-state index in [1.165, 1.54) is 161 Å². The van der Waals surface area contributed by atoms with Crippen LogP contribution in [0.2, 0.25) is 0 Å². The Morgan fingerprint density at radius 3 is 1.32 bits per heavy atom. The zero-order valence-electron chi connectivity index (χ0n) is 43.7. The number of quaternary nitrogens is 1. The van der Waals surface area contributed by atoms with Gasteiger partial charge in [0.1, 0.15) is 19.3 Å². The van der Waals surface area contributed by atoms with Crippen LogP contribution >= 0.6 is 7.82 Å². The predicted molar refractivity (Wildman–Crippen MR) is 275 cm³/mol. The van der Waals surface area contributed by atoms with Crippen molar-refractivity contribution >= 4 is 19.7 Å². The Morgan fingerprint density at radius 1 is 0.523 bits per heavy atom. The topological polar surface area (TPSA) is 114 Å². The summed E-state index contributed by atoms with van der Waals surface area (Å²) in [5.41, 5.74) is 0. The molecule has 10 heteroatoms. The fourth-order valence-electron chi connectivity index (χ4n) is 8.05. The van der Waals surface area contributed by atoms with Crippen LogP contribution < -0.4 is 10.2 Å². The second kappa shape index (κ2) is 46.2. The van der Waals surface area contributed by atoms with Gasteiger partial charge in [0.2, 0.25) is 5.91 Å². The first-order chi connectivity index (χ1) is 31.4. The first kappa shape index (κ1) is 63.5. The molecule has 0 radical (unpaired) electrons. The van der Waals surface area contributed by atoms with Crippen molar-refractivity contribution in [2.75, 3.05) is 40.9 Å². The van der Waals surface area contributed by atoms with Crippen LogP contribution in [0.15, 0.2) is 24.3 Å². The number of rotatable bonds is 50. The molecule has 0 spiro atoms. The number of carbonyl (C=O) groups is 2. The maximum absolute atomic E-state index is 13.4. The van der Waals surface area contributed by atoms with Crippen molar-refractivity contribution in [3.8, 4) is 0 Å². The van der Waals surface area contributed by atoms with Gasteiger partial charge in [-0.2, -0.15) is 0 Å². The van der Waals surface area contributed by atoms with E-state index in [2.05, 4.69) is 38.2 Å². The molecule has 0 fully saturated rings. The molecule has 0 aromatic rings. The number of esters is 1. The number of carbonyl (C=O) groups excluding carboxylic acids is 2. The summed E-state index contributed by atoms with van der Waals surface area (Å²) >= 11 is 0. The van der Waals surface area contributed by atoms with Crippen LogP contribution in [0, 0.1) is 0 Å². The molecule has 0 saturated carbocycles. The van der Waals surface area contributed by atoms with Gasteiger partial charge in [-0.15, -0.1) is 0 Å². The Kier molecular flexibility index (Phi) is 45.2. The van der Waals surface area contributed by atoms with Crippen molar-refractivity contribution in [1.82, 2.24) is 5.32 Å². The number of likely N-dealkylation sites (N-methyl/N-ethyl adjacent to an activating group) is 1. The van der Waals surface area contributed by atoms with Gasteiger partial charge in [0, 0.05) is 12.8 Å². The van der Waals surface area contributed by atoms with Gasteiger partial charge in [-0.25, -0.2) is 0 Å². The second-order valence-corrected chi connectivity index (χ2v) is 21.5. The highest BCUT2D eigenvalue weighted by Crippen LogP contribution is 2.38. The van der Waals surface area contributed by atoms with Crippen molar-refractivity contribution in [3.05, 3.63) is 24.3 Å². The number of hydrogen-bond acceptors (Lipinski definition) is 7. The Hall–Kier alpha value is -1.51. The molecule has 0 saturated heterocycles. The molecule has 1 amide bonds. The normalized spacial score (nSPS) is 14.0. The van der Waals surface area contributed by atoms with Crippen LogP contribution in [0.3, 0.4) is 0 Å². The van der Waals surface area contributed by atoms with Gasteiger partial charge in [0.25, 0.3) is 7.82 Å². The van der Waals surface area contributed by atoms with Gasteiger partial charge in [-0.05, 0) is 57.4 Å². The Morgan fingerprint density at radius 2 is 0.892 bits per heavy atom. The van der Waals surface area contributed by atoms with E-state index in [0.29, 0.717) is 23.9 Å². The molecule has 1 N–H and O–H groups in total. The minimum absolute atomic E-state index is 0.0214. The summed E-state index contributed by atoms with van der Waals surface area (Å²) in [5.74, 6) is -0.550. The number of nitrogens with zero attached hydrogens (tertiary/aromatic N) is 1. The smallest absolute Gasteiger partial charge is 0.306 e. The number of ether oxygens (including phenoxy) is 1. The average molecular weight is 939 g/mol. The maximum atomic E-state index is 13.4. The minimum Gasteiger partial charge on any atom is -0.756 e. The quantitative estimate of drug-likeness (QED) is 0.0212. The van der Waals surface area contributed by atoms with Gasteiger partial charge in [-0.1, -0.05) is 219 Å². The van der Waals surface area contributed by atoms with Gasteiger partial charge in [-0.3, -0.25) is 14.2 Å². The number of phosphoric ester groups is 1. The van der Waals surface area contributed by atoms with Gasteiger partial charge < -0.3 is 28.5 Å². The molecule has 0 aromatic heterocycles.